The van der Waals surface area contributed by atoms with Gasteiger partial charge in [-0.25, -0.2) is 4.79 Å². The molecule has 1 aromatic carbocycles. The van der Waals surface area contributed by atoms with E-state index in [0.717, 1.165) is 11.3 Å². The van der Waals surface area contributed by atoms with Gasteiger partial charge in [0.2, 0.25) is 11.7 Å². The summed E-state index contributed by atoms with van der Waals surface area (Å²) >= 11 is 1.03. The van der Waals surface area contributed by atoms with Crippen LogP contribution in [0.4, 0.5) is 5.00 Å². The molecule has 0 saturated heterocycles. The Morgan fingerprint density at radius 3 is 2.15 bits per heavy atom. The largest absolute Gasteiger partial charge is 0.493 e. The number of carbonyl (C=O) groups is 3. The van der Waals surface area contributed by atoms with Gasteiger partial charge in [0.05, 0.1) is 38.4 Å². The van der Waals surface area contributed by atoms with E-state index in [0.29, 0.717) is 33.3 Å². The van der Waals surface area contributed by atoms with Gasteiger partial charge in [0.25, 0.3) is 5.91 Å². The molecule has 0 aliphatic rings. The van der Waals surface area contributed by atoms with Crippen molar-refractivity contribution in [3.05, 3.63) is 39.8 Å². The molecule has 33 heavy (non-hydrogen) atoms. The molecule has 1 heterocycles. The van der Waals surface area contributed by atoms with E-state index in [1.54, 1.807) is 46.2 Å². The zero-order valence-corrected chi connectivity index (χ0v) is 20.5. The fraction of sp³-hybridized carbons (Fsp3) is 0.348. The highest BCUT2D eigenvalue weighted by atomic mass is 32.1. The minimum Gasteiger partial charge on any atom is -0.493 e. The van der Waals surface area contributed by atoms with Crippen LogP contribution in [0.15, 0.2) is 18.2 Å². The molecular formula is C23H28N2O7S. The fourth-order valence-corrected chi connectivity index (χ4v) is 4.20. The predicted molar refractivity (Wildman–Crippen MR) is 127 cm³/mol. The SMILES string of the molecule is CCOC(=O)c1c(NC(=O)/C=C/c2cc(OC)c(OC)c(OC)c2)sc(C(=O)N(C)C)c1C. The van der Waals surface area contributed by atoms with Gasteiger partial charge in [-0.1, -0.05) is 0 Å². The first-order valence-electron chi connectivity index (χ1n) is 9.99. The van der Waals surface area contributed by atoms with Crippen LogP contribution in [0.5, 0.6) is 17.2 Å². The van der Waals surface area contributed by atoms with Crippen LogP contribution in [0, 0.1) is 6.92 Å². The van der Waals surface area contributed by atoms with Crippen LogP contribution in [0.25, 0.3) is 6.08 Å². The van der Waals surface area contributed by atoms with Gasteiger partial charge in [-0.15, -0.1) is 11.3 Å². The Hall–Kier alpha value is -3.53. The lowest BCUT2D eigenvalue weighted by molar-refractivity contribution is -0.111. The second-order valence-corrected chi connectivity index (χ2v) is 7.98. The molecule has 2 rings (SSSR count). The highest BCUT2D eigenvalue weighted by Gasteiger charge is 2.27. The number of ether oxygens (including phenoxy) is 4. The first kappa shape index (κ1) is 25.7. The summed E-state index contributed by atoms with van der Waals surface area (Å²) in [6.45, 7) is 3.50. The summed E-state index contributed by atoms with van der Waals surface area (Å²) in [5.74, 6) is -0.0267. The number of hydrogen-bond acceptors (Lipinski definition) is 8. The number of esters is 1. The summed E-state index contributed by atoms with van der Waals surface area (Å²) in [5.41, 5.74) is 1.26. The second kappa shape index (κ2) is 11.4. The van der Waals surface area contributed by atoms with E-state index in [9.17, 15) is 14.4 Å². The van der Waals surface area contributed by atoms with Crippen LogP contribution in [0.1, 0.15) is 38.1 Å². The number of rotatable bonds is 9. The van der Waals surface area contributed by atoms with Crippen LogP contribution >= 0.6 is 11.3 Å². The number of thiophene rings is 1. The van der Waals surface area contributed by atoms with E-state index in [4.69, 9.17) is 18.9 Å². The van der Waals surface area contributed by atoms with Crippen molar-refractivity contribution in [2.45, 2.75) is 13.8 Å². The highest BCUT2D eigenvalue weighted by molar-refractivity contribution is 7.18. The molecule has 1 aromatic heterocycles. The Balaban J connectivity index is 2.36. The summed E-state index contributed by atoms with van der Waals surface area (Å²) in [6, 6.07) is 3.39. The minimum absolute atomic E-state index is 0.166. The van der Waals surface area contributed by atoms with E-state index >= 15 is 0 Å². The van der Waals surface area contributed by atoms with Crippen LogP contribution in [0.3, 0.4) is 0 Å². The molecule has 0 saturated carbocycles. The summed E-state index contributed by atoms with van der Waals surface area (Å²) in [6.07, 6.45) is 2.87. The standard InChI is InChI=1S/C23H28N2O7S/c1-8-32-23(28)18-13(2)20(22(27)25(3)4)33-21(18)24-17(26)10-9-14-11-15(29-5)19(31-7)16(12-14)30-6/h9-12H,8H2,1-7H3,(H,24,26)/b10-9+. The van der Waals surface area contributed by atoms with Gasteiger partial charge in [0.1, 0.15) is 5.00 Å². The summed E-state index contributed by atoms with van der Waals surface area (Å²) < 4.78 is 21.1. The molecular weight excluding hydrogens is 448 g/mol. The molecule has 0 aliphatic carbocycles. The van der Waals surface area contributed by atoms with Crippen molar-refractivity contribution in [1.29, 1.82) is 0 Å². The Kier molecular flexibility index (Phi) is 8.86. The number of hydrogen-bond donors (Lipinski definition) is 1. The van der Waals surface area contributed by atoms with Crippen molar-refractivity contribution in [2.24, 2.45) is 0 Å². The van der Waals surface area contributed by atoms with Crippen LogP contribution in [0.2, 0.25) is 0 Å². The molecule has 0 bridgehead atoms. The molecule has 2 amide bonds. The Morgan fingerprint density at radius 1 is 1.06 bits per heavy atom. The lowest BCUT2D eigenvalue weighted by Gasteiger charge is -2.12. The van der Waals surface area contributed by atoms with Crippen molar-refractivity contribution in [3.8, 4) is 17.2 Å². The number of nitrogens with zero attached hydrogens (tertiary/aromatic N) is 1. The van der Waals surface area contributed by atoms with E-state index in [1.165, 1.54) is 32.3 Å². The number of anilines is 1. The summed E-state index contributed by atoms with van der Waals surface area (Å²) in [4.78, 5) is 39.4. The van der Waals surface area contributed by atoms with Crippen LogP contribution in [-0.2, 0) is 9.53 Å². The van der Waals surface area contributed by atoms with Crippen molar-refractivity contribution in [1.82, 2.24) is 4.90 Å². The smallest absolute Gasteiger partial charge is 0.341 e. The maximum Gasteiger partial charge on any atom is 0.341 e. The van der Waals surface area contributed by atoms with Gasteiger partial charge < -0.3 is 29.2 Å². The van der Waals surface area contributed by atoms with Gasteiger partial charge in [-0.05, 0) is 43.2 Å². The molecule has 0 atom stereocenters. The molecule has 2 aromatic rings. The third-order valence-electron chi connectivity index (χ3n) is 4.58. The molecule has 10 heteroatoms. The first-order valence-corrected chi connectivity index (χ1v) is 10.8. The quantitative estimate of drug-likeness (QED) is 0.436. The monoisotopic (exact) mass is 476 g/mol. The molecule has 0 unspecified atom stereocenters. The normalized spacial score (nSPS) is 10.6. The molecule has 0 aliphatic heterocycles. The first-order chi connectivity index (χ1) is 15.7. The average molecular weight is 477 g/mol. The lowest BCUT2D eigenvalue weighted by Crippen LogP contribution is -2.21. The van der Waals surface area contributed by atoms with E-state index in [2.05, 4.69) is 5.32 Å². The van der Waals surface area contributed by atoms with Gasteiger partial charge in [0, 0.05) is 20.2 Å². The zero-order chi connectivity index (χ0) is 24.7. The average Bonchev–Trinajstić information content (AvgIpc) is 3.11. The predicted octanol–water partition coefficient (Wildman–Crippen LogP) is 3.61. The second-order valence-electron chi connectivity index (χ2n) is 6.96. The number of methoxy groups -OCH3 is 3. The van der Waals surface area contributed by atoms with E-state index < -0.39 is 11.9 Å². The summed E-state index contributed by atoms with van der Waals surface area (Å²) in [7, 11) is 7.73. The Bertz CT molecular complexity index is 1050. The molecule has 1 N–H and O–H groups in total. The molecule has 178 valence electrons. The molecule has 9 nitrogen and oxygen atoms in total. The third-order valence-corrected chi connectivity index (χ3v) is 5.77. The third kappa shape index (κ3) is 5.83. The number of benzene rings is 1. The van der Waals surface area contributed by atoms with E-state index in [-0.39, 0.29) is 23.1 Å². The number of carbonyl (C=O) groups excluding carboxylic acids is 3. The van der Waals surface area contributed by atoms with Gasteiger partial charge in [0.15, 0.2) is 11.5 Å². The van der Waals surface area contributed by atoms with Crippen LogP contribution < -0.4 is 19.5 Å². The highest BCUT2D eigenvalue weighted by Crippen LogP contribution is 2.38. The van der Waals surface area contributed by atoms with Crippen molar-refractivity contribution >= 4 is 40.2 Å². The lowest BCUT2D eigenvalue weighted by atomic mass is 10.1. The Labute approximate surface area is 196 Å². The zero-order valence-electron chi connectivity index (χ0n) is 19.7. The van der Waals surface area contributed by atoms with Crippen LogP contribution in [-0.4, -0.2) is 64.7 Å². The molecule has 0 fully saturated rings. The summed E-state index contributed by atoms with van der Waals surface area (Å²) in [5, 5.41) is 2.93. The maximum absolute atomic E-state index is 12.6. The topological polar surface area (TPSA) is 103 Å². The van der Waals surface area contributed by atoms with Crippen molar-refractivity contribution in [2.75, 3.05) is 47.3 Å². The molecule has 0 spiro atoms. The Morgan fingerprint density at radius 2 is 1.67 bits per heavy atom. The number of amides is 2. The van der Waals surface area contributed by atoms with Gasteiger partial charge >= 0.3 is 5.97 Å². The molecule has 0 radical (unpaired) electrons. The van der Waals surface area contributed by atoms with Crippen molar-refractivity contribution < 1.29 is 33.3 Å². The maximum atomic E-state index is 12.6. The van der Waals surface area contributed by atoms with Gasteiger partial charge in [-0.3, -0.25) is 9.59 Å². The minimum atomic E-state index is -0.604. The van der Waals surface area contributed by atoms with Crippen molar-refractivity contribution in [3.63, 3.8) is 0 Å². The van der Waals surface area contributed by atoms with E-state index in [1.807, 2.05) is 0 Å². The van der Waals surface area contributed by atoms with Gasteiger partial charge in [-0.2, -0.15) is 0 Å². The fourth-order valence-electron chi connectivity index (χ4n) is 2.98. The number of nitrogens with one attached hydrogen (secondary N) is 1.